The topological polar surface area (TPSA) is 34.1 Å². The van der Waals surface area contributed by atoms with Crippen molar-refractivity contribution in [1.82, 2.24) is 4.98 Å². The van der Waals surface area contributed by atoms with E-state index in [-0.39, 0.29) is 0 Å². The molecule has 1 aliphatic rings. The molecule has 0 aliphatic heterocycles. The van der Waals surface area contributed by atoms with Crippen LogP contribution >= 0.6 is 0 Å². The number of nitrogens with zero attached hydrogens (tertiary/aromatic N) is 1. The van der Waals surface area contributed by atoms with E-state index in [0.29, 0.717) is 11.5 Å². The summed E-state index contributed by atoms with van der Waals surface area (Å²) in [7, 11) is 1.68. The number of rotatable bonds is 3. The minimum atomic E-state index is 0.366. The minimum absolute atomic E-state index is 0.366. The molecule has 0 amide bonds. The molecular formula is C13H20N2O. The number of nitrogens with one attached hydrogen (secondary N) is 1. The quantitative estimate of drug-likeness (QED) is 0.850. The van der Waals surface area contributed by atoms with E-state index < -0.39 is 0 Å². The van der Waals surface area contributed by atoms with Crippen LogP contribution in [0.4, 0.5) is 5.82 Å². The van der Waals surface area contributed by atoms with Gasteiger partial charge in [-0.1, -0.05) is 20.3 Å². The Morgan fingerprint density at radius 3 is 2.94 bits per heavy atom. The first-order chi connectivity index (χ1) is 7.62. The lowest BCUT2D eigenvalue weighted by molar-refractivity contribution is 0.349. The van der Waals surface area contributed by atoms with Gasteiger partial charge in [-0.15, -0.1) is 0 Å². The van der Waals surface area contributed by atoms with E-state index in [9.17, 15) is 0 Å². The summed E-state index contributed by atoms with van der Waals surface area (Å²) in [6.45, 7) is 4.63. The van der Waals surface area contributed by atoms with Gasteiger partial charge in [0.15, 0.2) is 0 Å². The van der Waals surface area contributed by atoms with Gasteiger partial charge in [0.2, 0.25) is 0 Å². The average molecular weight is 220 g/mol. The Kier molecular flexibility index (Phi) is 3.03. The van der Waals surface area contributed by atoms with Crippen molar-refractivity contribution in [2.75, 3.05) is 12.4 Å². The van der Waals surface area contributed by atoms with Gasteiger partial charge in [-0.25, -0.2) is 4.98 Å². The third kappa shape index (κ3) is 2.29. The molecule has 2 rings (SSSR count). The van der Waals surface area contributed by atoms with Crippen molar-refractivity contribution < 1.29 is 4.74 Å². The second-order valence-corrected chi connectivity index (χ2v) is 5.16. The monoisotopic (exact) mass is 220 g/mol. The molecule has 0 radical (unpaired) electrons. The number of pyridine rings is 1. The Morgan fingerprint density at radius 1 is 1.50 bits per heavy atom. The summed E-state index contributed by atoms with van der Waals surface area (Å²) >= 11 is 0. The Hall–Kier alpha value is -1.25. The van der Waals surface area contributed by atoms with Gasteiger partial charge in [-0.3, -0.25) is 0 Å². The molecule has 0 aromatic carbocycles. The van der Waals surface area contributed by atoms with Crippen molar-refractivity contribution in [3.8, 4) is 5.75 Å². The van der Waals surface area contributed by atoms with E-state index in [0.717, 1.165) is 11.6 Å². The van der Waals surface area contributed by atoms with Gasteiger partial charge in [0, 0.05) is 18.3 Å². The SMILES string of the molecule is COc1ccnc(NC2CCCC2(C)C)c1. The zero-order valence-electron chi connectivity index (χ0n) is 10.3. The highest BCUT2D eigenvalue weighted by Crippen LogP contribution is 2.38. The maximum absolute atomic E-state index is 5.19. The number of methoxy groups -OCH3 is 1. The van der Waals surface area contributed by atoms with Crippen LogP contribution in [0, 0.1) is 5.41 Å². The maximum Gasteiger partial charge on any atom is 0.129 e. The Labute approximate surface area is 97.2 Å². The summed E-state index contributed by atoms with van der Waals surface area (Å²) in [6, 6.07) is 4.34. The number of aromatic nitrogens is 1. The van der Waals surface area contributed by atoms with Gasteiger partial charge in [0.05, 0.1) is 7.11 Å². The van der Waals surface area contributed by atoms with Crippen molar-refractivity contribution in [2.24, 2.45) is 5.41 Å². The molecule has 3 nitrogen and oxygen atoms in total. The van der Waals surface area contributed by atoms with Crippen LogP contribution in [0.3, 0.4) is 0 Å². The van der Waals surface area contributed by atoms with Crippen LogP contribution in [-0.2, 0) is 0 Å². The molecule has 0 bridgehead atoms. The Bertz CT molecular complexity index is 363. The van der Waals surface area contributed by atoms with Crippen molar-refractivity contribution in [3.63, 3.8) is 0 Å². The molecule has 88 valence electrons. The fraction of sp³-hybridized carbons (Fsp3) is 0.615. The molecule has 1 unspecified atom stereocenters. The van der Waals surface area contributed by atoms with Gasteiger partial charge >= 0.3 is 0 Å². The van der Waals surface area contributed by atoms with Gasteiger partial charge < -0.3 is 10.1 Å². The molecule has 1 saturated carbocycles. The van der Waals surface area contributed by atoms with Crippen molar-refractivity contribution in [3.05, 3.63) is 18.3 Å². The normalized spacial score (nSPS) is 23.1. The molecule has 1 aromatic heterocycles. The van der Waals surface area contributed by atoms with Crippen molar-refractivity contribution >= 4 is 5.82 Å². The van der Waals surface area contributed by atoms with Gasteiger partial charge in [-0.05, 0) is 24.3 Å². The Balaban J connectivity index is 2.08. The molecule has 3 heteroatoms. The molecular weight excluding hydrogens is 200 g/mol. The van der Waals surface area contributed by atoms with Crippen LogP contribution in [-0.4, -0.2) is 18.1 Å². The highest BCUT2D eigenvalue weighted by molar-refractivity contribution is 5.42. The van der Waals surface area contributed by atoms with Gasteiger partial charge in [0.1, 0.15) is 11.6 Å². The average Bonchev–Trinajstić information content (AvgIpc) is 2.59. The molecule has 1 aliphatic carbocycles. The minimum Gasteiger partial charge on any atom is -0.497 e. The fourth-order valence-corrected chi connectivity index (χ4v) is 2.39. The largest absolute Gasteiger partial charge is 0.497 e. The van der Waals surface area contributed by atoms with Gasteiger partial charge in [0.25, 0.3) is 0 Å². The standard InChI is InChI=1S/C13H20N2O/c1-13(2)7-4-5-11(13)15-12-9-10(16-3)6-8-14-12/h6,8-9,11H,4-5,7H2,1-3H3,(H,14,15). The molecule has 1 aromatic rings. The lowest BCUT2D eigenvalue weighted by atomic mass is 9.87. The van der Waals surface area contributed by atoms with E-state index in [1.807, 2.05) is 12.1 Å². The first-order valence-corrected chi connectivity index (χ1v) is 5.88. The lowest BCUT2D eigenvalue weighted by Gasteiger charge is -2.28. The predicted octanol–water partition coefficient (Wildman–Crippen LogP) is 3.08. The van der Waals surface area contributed by atoms with Crippen LogP contribution < -0.4 is 10.1 Å². The summed E-state index contributed by atoms with van der Waals surface area (Å²) in [5.74, 6) is 1.77. The molecule has 0 spiro atoms. The smallest absolute Gasteiger partial charge is 0.129 e. The van der Waals surface area contributed by atoms with Crippen LogP contribution in [0.15, 0.2) is 18.3 Å². The third-order valence-corrected chi connectivity index (χ3v) is 3.55. The summed E-state index contributed by atoms with van der Waals surface area (Å²) in [6.07, 6.45) is 5.60. The number of hydrogen-bond acceptors (Lipinski definition) is 3. The van der Waals surface area contributed by atoms with Gasteiger partial charge in [-0.2, -0.15) is 0 Å². The van der Waals surface area contributed by atoms with E-state index in [4.69, 9.17) is 4.74 Å². The third-order valence-electron chi connectivity index (χ3n) is 3.55. The van der Waals surface area contributed by atoms with E-state index >= 15 is 0 Å². The summed E-state index contributed by atoms with van der Waals surface area (Å²) in [5.41, 5.74) is 0.366. The highest BCUT2D eigenvalue weighted by atomic mass is 16.5. The summed E-state index contributed by atoms with van der Waals surface area (Å²) in [4.78, 5) is 4.33. The summed E-state index contributed by atoms with van der Waals surface area (Å²) in [5, 5.41) is 3.51. The fourth-order valence-electron chi connectivity index (χ4n) is 2.39. The molecule has 16 heavy (non-hydrogen) atoms. The molecule has 1 heterocycles. The predicted molar refractivity (Wildman–Crippen MR) is 65.8 cm³/mol. The molecule has 0 saturated heterocycles. The zero-order valence-corrected chi connectivity index (χ0v) is 10.3. The zero-order chi connectivity index (χ0) is 11.6. The lowest BCUT2D eigenvalue weighted by Crippen LogP contribution is -2.31. The Morgan fingerprint density at radius 2 is 2.31 bits per heavy atom. The second kappa shape index (κ2) is 4.32. The van der Waals surface area contributed by atoms with Crippen LogP contribution in [0.2, 0.25) is 0 Å². The van der Waals surface area contributed by atoms with E-state index in [1.165, 1.54) is 19.3 Å². The summed E-state index contributed by atoms with van der Waals surface area (Å²) < 4.78 is 5.19. The van der Waals surface area contributed by atoms with Crippen molar-refractivity contribution in [2.45, 2.75) is 39.2 Å². The first kappa shape index (κ1) is 11.2. The first-order valence-electron chi connectivity index (χ1n) is 5.88. The van der Waals surface area contributed by atoms with Crippen LogP contribution in [0.1, 0.15) is 33.1 Å². The van der Waals surface area contributed by atoms with Crippen LogP contribution in [0.5, 0.6) is 5.75 Å². The maximum atomic E-state index is 5.19. The number of hydrogen-bond donors (Lipinski definition) is 1. The number of ether oxygens (including phenoxy) is 1. The second-order valence-electron chi connectivity index (χ2n) is 5.16. The van der Waals surface area contributed by atoms with E-state index in [1.54, 1.807) is 13.3 Å². The van der Waals surface area contributed by atoms with E-state index in [2.05, 4.69) is 24.1 Å². The van der Waals surface area contributed by atoms with Crippen molar-refractivity contribution in [1.29, 1.82) is 0 Å². The van der Waals surface area contributed by atoms with Crippen LogP contribution in [0.25, 0.3) is 0 Å². The molecule has 1 atom stereocenters. The molecule has 1 N–H and O–H groups in total. The molecule has 1 fully saturated rings. The highest BCUT2D eigenvalue weighted by Gasteiger charge is 2.34. The number of anilines is 1.